The number of carboxylic acid groups (broad SMARTS) is 2. The van der Waals surface area contributed by atoms with Crippen molar-refractivity contribution in [1.82, 2.24) is 0 Å². The Balaban J connectivity index is 3.33. The number of hydrogen-bond donors (Lipinski definition) is 2. The van der Waals surface area contributed by atoms with Crippen LogP contribution in [0.3, 0.4) is 0 Å². The molecule has 1 unspecified atom stereocenters. The molecule has 0 aliphatic rings. The highest BCUT2D eigenvalue weighted by Gasteiger charge is 2.44. The van der Waals surface area contributed by atoms with Crippen molar-refractivity contribution >= 4 is 23.5 Å². The molecule has 0 spiro atoms. The van der Waals surface area contributed by atoms with Crippen molar-refractivity contribution in [2.45, 2.75) is 45.4 Å². The standard InChI is InChI=1S/C16H21ClO4/c1-3-16(4-2,15(20)21)12(9-10-14(18)19)11-7-5-6-8-13(11)17/h5-8,12H,3-4,9-10H2,1-2H3,(H,18,19)(H,20,21). The van der Waals surface area contributed by atoms with Crippen LogP contribution in [0, 0.1) is 5.41 Å². The summed E-state index contributed by atoms with van der Waals surface area (Å²) >= 11 is 6.22. The molecule has 0 saturated heterocycles. The van der Waals surface area contributed by atoms with Crippen LogP contribution in [0.1, 0.15) is 51.0 Å². The lowest BCUT2D eigenvalue weighted by atomic mass is 9.66. The van der Waals surface area contributed by atoms with Crippen LogP contribution in [-0.2, 0) is 9.59 Å². The smallest absolute Gasteiger partial charge is 0.310 e. The number of hydrogen-bond acceptors (Lipinski definition) is 2. The summed E-state index contributed by atoms with van der Waals surface area (Å²) in [4.78, 5) is 22.8. The van der Waals surface area contributed by atoms with Gasteiger partial charge in [-0.15, -0.1) is 0 Å². The second-order valence-corrected chi connectivity index (χ2v) is 5.58. The summed E-state index contributed by atoms with van der Waals surface area (Å²) in [5, 5.41) is 19.2. The van der Waals surface area contributed by atoms with E-state index in [9.17, 15) is 14.7 Å². The Morgan fingerprint density at radius 1 is 1.19 bits per heavy atom. The molecule has 5 heteroatoms. The van der Waals surface area contributed by atoms with Crippen LogP contribution in [-0.4, -0.2) is 22.2 Å². The van der Waals surface area contributed by atoms with Gasteiger partial charge >= 0.3 is 11.9 Å². The molecule has 0 radical (unpaired) electrons. The number of carboxylic acids is 2. The van der Waals surface area contributed by atoms with E-state index in [1.165, 1.54) is 0 Å². The summed E-state index contributed by atoms with van der Waals surface area (Å²) < 4.78 is 0. The van der Waals surface area contributed by atoms with Crippen molar-refractivity contribution in [2.24, 2.45) is 5.41 Å². The molecule has 116 valence electrons. The third-order valence-corrected chi connectivity index (χ3v) is 4.63. The van der Waals surface area contributed by atoms with Gasteiger partial charge in [0.05, 0.1) is 5.41 Å². The number of benzene rings is 1. The molecule has 1 aromatic carbocycles. The summed E-state index contributed by atoms with van der Waals surface area (Å²) in [6.07, 6.45) is 1.03. The third kappa shape index (κ3) is 3.76. The normalized spacial score (nSPS) is 12.9. The summed E-state index contributed by atoms with van der Waals surface area (Å²) in [6, 6.07) is 7.08. The first-order chi connectivity index (χ1) is 9.89. The van der Waals surface area contributed by atoms with Gasteiger partial charge in [0.25, 0.3) is 0 Å². The zero-order chi connectivity index (χ0) is 16.0. The Morgan fingerprint density at radius 3 is 2.19 bits per heavy atom. The average Bonchev–Trinajstić information content (AvgIpc) is 2.44. The molecular formula is C16H21ClO4. The Kier molecular flexibility index (Phi) is 6.21. The molecular weight excluding hydrogens is 292 g/mol. The van der Waals surface area contributed by atoms with Gasteiger partial charge in [0.1, 0.15) is 0 Å². The molecule has 0 bridgehead atoms. The topological polar surface area (TPSA) is 74.6 Å². The summed E-state index contributed by atoms with van der Waals surface area (Å²) in [7, 11) is 0. The van der Waals surface area contributed by atoms with E-state index in [1.54, 1.807) is 24.3 Å². The first-order valence-corrected chi connectivity index (χ1v) is 7.46. The molecule has 0 aromatic heterocycles. The molecule has 0 amide bonds. The van der Waals surface area contributed by atoms with Crippen LogP contribution >= 0.6 is 11.6 Å². The second-order valence-electron chi connectivity index (χ2n) is 5.17. The van der Waals surface area contributed by atoms with Gasteiger partial charge in [0.2, 0.25) is 0 Å². The fraction of sp³-hybridized carbons (Fsp3) is 0.500. The maximum Gasteiger partial charge on any atom is 0.310 e. The Bertz CT molecular complexity index is 509. The van der Waals surface area contributed by atoms with Gasteiger partial charge in [-0.25, -0.2) is 0 Å². The minimum atomic E-state index is -1.000. The van der Waals surface area contributed by atoms with Crippen LogP contribution in [0.2, 0.25) is 5.02 Å². The number of halogens is 1. The van der Waals surface area contributed by atoms with E-state index in [-0.39, 0.29) is 12.8 Å². The minimum Gasteiger partial charge on any atom is -0.481 e. The van der Waals surface area contributed by atoms with Crippen LogP contribution in [0.15, 0.2) is 24.3 Å². The average molecular weight is 313 g/mol. The molecule has 4 nitrogen and oxygen atoms in total. The molecule has 1 rings (SSSR count). The van der Waals surface area contributed by atoms with Gasteiger partial charge < -0.3 is 10.2 Å². The fourth-order valence-corrected chi connectivity index (χ4v) is 3.22. The first-order valence-electron chi connectivity index (χ1n) is 7.08. The van der Waals surface area contributed by atoms with Gasteiger partial charge in [0.15, 0.2) is 0 Å². The summed E-state index contributed by atoms with van der Waals surface area (Å²) in [5.41, 5.74) is -0.285. The zero-order valence-electron chi connectivity index (χ0n) is 12.3. The van der Waals surface area contributed by atoms with Crippen LogP contribution in [0.5, 0.6) is 0 Å². The molecule has 0 fully saturated rings. The predicted molar refractivity (Wildman–Crippen MR) is 81.7 cm³/mol. The van der Waals surface area contributed by atoms with E-state index in [4.69, 9.17) is 16.7 Å². The largest absolute Gasteiger partial charge is 0.481 e. The highest BCUT2D eigenvalue weighted by atomic mass is 35.5. The van der Waals surface area contributed by atoms with Gasteiger partial charge in [0, 0.05) is 17.4 Å². The van der Waals surface area contributed by atoms with E-state index in [0.29, 0.717) is 23.4 Å². The lowest BCUT2D eigenvalue weighted by molar-refractivity contribution is -0.152. The molecule has 0 saturated carbocycles. The molecule has 21 heavy (non-hydrogen) atoms. The number of rotatable bonds is 8. The maximum absolute atomic E-state index is 11.9. The maximum atomic E-state index is 11.9. The Labute approximate surface area is 129 Å². The highest BCUT2D eigenvalue weighted by molar-refractivity contribution is 6.31. The third-order valence-electron chi connectivity index (χ3n) is 4.28. The minimum absolute atomic E-state index is 0.0785. The van der Waals surface area contributed by atoms with E-state index in [0.717, 1.165) is 0 Å². The van der Waals surface area contributed by atoms with Crippen molar-refractivity contribution in [3.63, 3.8) is 0 Å². The van der Waals surface area contributed by atoms with Gasteiger partial charge in [-0.05, 0) is 30.9 Å². The van der Waals surface area contributed by atoms with Crippen molar-refractivity contribution in [3.8, 4) is 0 Å². The number of carbonyl (C=O) groups is 2. The number of aliphatic carboxylic acids is 2. The van der Waals surface area contributed by atoms with Crippen molar-refractivity contribution in [1.29, 1.82) is 0 Å². The molecule has 1 atom stereocenters. The van der Waals surface area contributed by atoms with Crippen molar-refractivity contribution in [2.75, 3.05) is 0 Å². The van der Waals surface area contributed by atoms with Crippen LogP contribution in [0.25, 0.3) is 0 Å². The predicted octanol–water partition coefficient (Wildman–Crippen LogP) is 4.18. The van der Waals surface area contributed by atoms with Crippen LogP contribution in [0.4, 0.5) is 0 Å². The monoisotopic (exact) mass is 312 g/mol. The van der Waals surface area contributed by atoms with E-state index >= 15 is 0 Å². The Morgan fingerprint density at radius 2 is 1.76 bits per heavy atom. The molecule has 0 aliphatic heterocycles. The molecule has 0 aliphatic carbocycles. The molecule has 0 heterocycles. The van der Waals surface area contributed by atoms with E-state index < -0.39 is 23.3 Å². The quantitative estimate of drug-likeness (QED) is 0.755. The van der Waals surface area contributed by atoms with Crippen molar-refractivity contribution < 1.29 is 19.8 Å². The molecule has 1 aromatic rings. The van der Waals surface area contributed by atoms with Gasteiger partial charge in [-0.2, -0.15) is 0 Å². The lowest BCUT2D eigenvalue weighted by Gasteiger charge is -2.36. The fourth-order valence-electron chi connectivity index (χ4n) is 2.95. The Hall–Kier alpha value is -1.55. The summed E-state index contributed by atoms with van der Waals surface area (Å²) in [5.74, 6) is -2.25. The summed E-state index contributed by atoms with van der Waals surface area (Å²) in [6.45, 7) is 3.64. The second kappa shape index (κ2) is 7.46. The highest BCUT2D eigenvalue weighted by Crippen LogP contribution is 2.46. The van der Waals surface area contributed by atoms with E-state index in [2.05, 4.69) is 0 Å². The van der Waals surface area contributed by atoms with Crippen molar-refractivity contribution in [3.05, 3.63) is 34.9 Å². The van der Waals surface area contributed by atoms with E-state index in [1.807, 2.05) is 13.8 Å². The van der Waals surface area contributed by atoms with Crippen LogP contribution < -0.4 is 0 Å². The SMILES string of the molecule is CCC(CC)(C(=O)O)C(CCC(=O)O)c1ccccc1Cl. The zero-order valence-corrected chi connectivity index (χ0v) is 13.1. The van der Waals surface area contributed by atoms with Gasteiger partial charge in [-0.1, -0.05) is 43.6 Å². The van der Waals surface area contributed by atoms with Gasteiger partial charge in [-0.3, -0.25) is 9.59 Å². The molecule has 2 N–H and O–H groups in total. The lowest BCUT2D eigenvalue weighted by Crippen LogP contribution is -2.37. The first kappa shape index (κ1) is 17.5.